The van der Waals surface area contributed by atoms with E-state index in [1.165, 1.54) is 0 Å². The normalized spacial score (nSPS) is 22.1. The SMILES string of the molecule is O=C1C=CC=CC1=CNCCCN1CCOCC1.O=C1C=CC=CC1=CNCCCN1CCOCC1.[Co]. The topological polar surface area (TPSA) is 83.1 Å². The molecule has 2 fully saturated rings. The molecule has 0 bridgehead atoms. The number of carbonyl (C=O) groups excluding carboxylic acids is 2. The van der Waals surface area contributed by atoms with Gasteiger partial charge in [-0.15, -0.1) is 0 Å². The number of ketones is 2. The fourth-order valence-electron chi connectivity index (χ4n) is 4.02. The maximum Gasteiger partial charge on any atom is 0.187 e. The molecule has 0 aromatic carbocycles. The van der Waals surface area contributed by atoms with E-state index in [9.17, 15) is 9.59 Å². The Kier molecular flexibility index (Phi) is 15.8. The second kappa shape index (κ2) is 18.9. The van der Waals surface area contributed by atoms with Crippen LogP contribution in [0.5, 0.6) is 0 Å². The molecule has 2 aliphatic heterocycles. The maximum atomic E-state index is 11.4. The van der Waals surface area contributed by atoms with E-state index in [4.69, 9.17) is 9.47 Å². The van der Waals surface area contributed by atoms with E-state index < -0.39 is 0 Å². The molecular formula is C28H40CoN4O4. The number of morpholine rings is 2. The van der Waals surface area contributed by atoms with Crippen molar-refractivity contribution in [1.29, 1.82) is 0 Å². The van der Waals surface area contributed by atoms with Gasteiger partial charge >= 0.3 is 0 Å². The Morgan fingerprint density at radius 2 is 1.03 bits per heavy atom. The Morgan fingerprint density at radius 3 is 1.41 bits per heavy atom. The molecule has 4 rings (SSSR count). The summed E-state index contributed by atoms with van der Waals surface area (Å²) in [5, 5.41) is 6.40. The largest absolute Gasteiger partial charge is 0.390 e. The minimum absolute atomic E-state index is 0. The van der Waals surface area contributed by atoms with Crippen molar-refractivity contribution < 1.29 is 35.8 Å². The van der Waals surface area contributed by atoms with E-state index in [-0.39, 0.29) is 28.3 Å². The molecule has 0 amide bonds. The summed E-state index contributed by atoms with van der Waals surface area (Å²) in [6.07, 6.45) is 19.9. The van der Waals surface area contributed by atoms with Crippen molar-refractivity contribution in [2.75, 3.05) is 78.8 Å². The Labute approximate surface area is 231 Å². The third kappa shape index (κ3) is 12.7. The molecule has 2 heterocycles. The molecule has 9 heteroatoms. The van der Waals surface area contributed by atoms with Gasteiger partial charge in [0.1, 0.15) is 0 Å². The van der Waals surface area contributed by atoms with Crippen molar-refractivity contribution in [1.82, 2.24) is 20.4 Å². The molecule has 2 saturated heterocycles. The van der Waals surface area contributed by atoms with Gasteiger partial charge in [0.2, 0.25) is 0 Å². The van der Waals surface area contributed by atoms with Crippen LogP contribution in [0.3, 0.4) is 0 Å². The predicted octanol–water partition coefficient (Wildman–Crippen LogP) is 1.75. The van der Waals surface area contributed by atoms with Gasteiger partial charge in [-0.25, -0.2) is 0 Å². The second-order valence-corrected chi connectivity index (χ2v) is 8.89. The average Bonchev–Trinajstić information content (AvgIpc) is 2.92. The van der Waals surface area contributed by atoms with Gasteiger partial charge in [0.05, 0.1) is 26.4 Å². The number of hydrogen-bond acceptors (Lipinski definition) is 8. The van der Waals surface area contributed by atoms with Crippen molar-refractivity contribution in [3.05, 3.63) is 72.2 Å². The second-order valence-electron chi connectivity index (χ2n) is 8.89. The zero-order valence-corrected chi connectivity index (χ0v) is 22.6. The van der Waals surface area contributed by atoms with Crippen LogP contribution in [-0.2, 0) is 35.8 Å². The molecule has 37 heavy (non-hydrogen) atoms. The standard InChI is InChI=1S/2C14H20N2O2.Co/c2*17-14-5-2-1-4-13(14)12-15-6-3-7-16-8-10-18-11-9-16;/h2*1-2,4-5,12,15H,3,6-11H2;. The number of hydrogen-bond donors (Lipinski definition) is 2. The van der Waals surface area contributed by atoms with Crippen LogP contribution in [0.1, 0.15) is 12.8 Å². The molecule has 0 atom stereocenters. The first-order chi connectivity index (χ1) is 17.7. The Bertz CT molecular complexity index is 811. The van der Waals surface area contributed by atoms with E-state index in [1.54, 1.807) is 24.3 Å². The third-order valence-corrected chi connectivity index (χ3v) is 6.15. The molecular weight excluding hydrogens is 515 g/mol. The number of ether oxygens (including phenoxy) is 2. The fourth-order valence-corrected chi connectivity index (χ4v) is 4.02. The van der Waals surface area contributed by atoms with Crippen molar-refractivity contribution >= 4 is 11.6 Å². The van der Waals surface area contributed by atoms with Crippen molar-refractivity contribution in [2.24, 2.45) is 0 Å². The van der Waals surface area contributed by atoms with Gasteiger partial charge in [-0.3, -0.25) is 19.4 Å². The van der Waals surface area contributed by atoms with Gasteiger partial charge < -0.3 is 20.1 Å². The monoisotopic (exact) mass is 555 g/mol. The van der Waals surface area contributed by atoms with E-state index >= 15 is 0 Å². The number of nitrogens with one attached hydrogen (secondary N) is 2. The quantitative estimate of drug-likeness (QED) is 0.312. The third-order valence-electron chi connectivity index (χ3n) is 6.15. The molecule has 0 saturated carbocycles. The Balaban J connectivity index is 0.000000253. The zero-order chi connectivity index (χ0) is 25.3. The molecule has 4 aliphatic rings. The Hall–Kier alpha value is -2.27. The van der Waals surface area contributed by atoms with Crippen LogP contribution in [0.15, 0.2) is 72.2 Å². The summed E-state index contributed by atoms with van der Waals surface area (Å²) in [7, 11) is 0. The minimum atomic E-state index is 0. The van der Waals surface area contributed by atoms with Gasteiger partial charge in [0, 0.05) is 79.6 Å². The summed E-state index contributed by atoms with van der Waals surface area (Å²) in [6, 6.07) is 0. The van der Waals surface area contributed by atoms with Crippen LogP contribution in [-0.4, -0.2) is 100 Å². The molecule has 2 aliphatic carbocycles. The number of rotatable bonds is 10. The molecule has 8 nitrogen and oxygen atoms in total. The predicted molar refractivity (Wildman–Crippen MR) is 142 cm³/mol. The summed E-state index contributed by atoms with van der Waals surface area (Å²) in [4.78, 5) is 27.7. The molecule has 2 N–H and O–H groups in total. The van der Waals surface area contributed by atoms with E-state index in [2.05, 4.69) is 20.4 Å². The first kappa shape index (κ1) is 30.9. The molecule has 0 aromatic heterocycles. The Morgan fingerprint density at radius 1 is 0.649 bits per heavy atom. The van der Waals surface area contributed by atoms with Gasteiger partial charge in [-0.05, 0) is 50.2 Å². The van der Waals surface area contributed by atoms with Crippen LogP contribution in [0.25, 0.3) is 0 Å². The molecule has 0 unspecified atom stereocenters. The van der Waals surface area contributed by atoms with Crippen LogP contribution < -0.4 is 10.6 Å². The molecule has 0 aromatic rings. The summed E-state index contributed by atoms with van der Waals surface area (Å²) >= 11 is 0. The number of carbonyl (C=O) groups is 2. The smallest absolute Gasteiger partial charge is 0.187 e. The van der Waals surface area contributed by atoms with Gasteiger partial charge in [0.15, 0.2) is 11.6 Å². The van der Waals surface area contributed by atoms with E-state index in [0.29, 0.717) is 0 Å². The fraction of sp³-hybridized carbons (Fsp3) is 0.500. The number of nitrogens with zero attached hydrogens (tertiary/aromatic N) is 2. The van der Waals surface area contributed by atoms with Crippen LogP contribution in [0, 0.1) is 0 Å². The average molecular weight is 556 g/mol. The van der Waals surface area contributed by atoms with Crippen molar-refractivity contribution in [2.45, 2.75) is 12.8 Å². The molecule has 0 spiro atoms. The summed E-state index contributed by atoms with van der Waals surface area (Å²) in [5.41, 5.74) is 1.45. The van der Waals surface area contributed by atoms with Crippen LogP contribution in [0.4, 0.5) is 0 Å². The van der Waals surface area contributed by atoms with E-state index in [0.717, 1.165) is 103 Å². The van der Waals surface area contributed by atoms with Gasteiger partial charge in [0.25, 0.3) is 0 Å². The van der Waals surface area contributed by atoms with Gasteiger partial charge in [-0.2, -0.15) is 0 Å². The van der Waals surface area contributed by atoms with E-state index in [1.807, 2.05) is 36.7 Å². The first-order valence-electron chi connectivity index (χ1n) is 13.0. The van der Waals surface area contributed by atoms with Gasteiger partial charge in [-0.1, -0.05) is 24.3 Å². The number of allylic oxidation sites excluding steroid dienone is 10. The molecule has 205 valence electrons. The van der Waals surface area contributed by atoms with Crippen LogP contribution in [0.2, 0.25) is 0 Å². The molecule has 1 radical (unpaired) electrons. The van der Waals surface area contributed by atoms with Crippen molar-refractivity contribution in [3.8, 4) is 0 Å². The van der Waals surface area contributed by atoms with Crippen LogP contribution >= 0.6 is 0 Å². The first-order valence-corrected chi connectivity index (χ1v) is 13.0. The summed E-state index contributed by atoms with van der Waals surface area (Å²) in [6.45, 7) is 11.5. The van der Waals surface area contributed by atoms with Crippen molar-refractivity contribution in [3.63, 3.8) is 0 Å². The maximum absolute atomic E-state index is 11.4. The minimum Gasteiger partial charge on any atom is -0.390 e. The zero-order valence-electron chi connectivity index (χ0n) is 21.5. The summed E-state index contributed by atoms with van der Waals surface area (Å²) < 4.78 is 10.6. The summed E-state index contributed by atoms with van der Waals surface area (Å²) in [5.74, 6) is 0.136.